The second-order valence-electron chi connectivity index (χ2n) is 12.3. The van der Waals surface area contributed by atoms with Gasteiger partial charge in [0.05, 0.1) is 0 Å². The first-order valence-corrected chi connectivity index (χ1v) is 15.9. The molecule has 0 N–H and O–H groups in total. The van der Waals surface area contributed by atoms with Crippen LogP contribution >= 0.6 is 0 Å². The summed E-state index contributed by atoms with van der Waals surface area (Å²) in [6.07, 6.45) is 12.0. The molecule has 4 aromatic carbocycles. The van der Waals surface area contributed by atoms with Crippen LogP contribution in [0.25, 0.3) is 38.9 Å². The van der Waals surface area contributed by atoms with E-state index in [9.17, 15) is 5.41 Å². The molecule has 47 heavy (non-hydrogen) atoms. The van der Waals surface area contributed by atoms with Crippen LogP contribution in [0.4, 0.5) is 0 Å². The minimum atomic E-state index is -2.27. The van der Waals surface area contributed by atoms with Crippen molar-refractivity contribution in [2.24, 2.45) is 11.8 Å². The summed E-state index contributed by atoms with van der Waals surface area (Å²) in [7, 11) is 0. The van der Waals surface area contributed by atoms with Gasteiger partial charge in [-0.3, -0.25) is 0 Å². The molecule has 2 saturated carbocycles. The summed E-state index contributed by atoms with van der Waals surface area (Å²) in [6.45, 7) is -2.39. The third kappa shape index (κ3) is 8.41. The van der Waals surface area contributed by atoms with Gasteiger partial charge in [0.1, 0.15) is 0 Å². The number of hydrogen-bond acceptors (Lipinski definition) is 1. The summed E-state index contributed by atoms with van der Waals surface area (Å²) in [5.41, 5.74) is 8.74. The molecule has 0 saturated heterocycles. The normalized spacial score (nSPS) is 21.0. The third-order valence-corrected chi connectivity index (χ3v) is 9.25. The summed E-state index contributed by atoms with van der Waals surface area (Å²) in [5, 5.41) is 9.34. The van der Waals surface area contributed by atoms with E-state index in [1.807, 2.05) is 48.5 Å². The van der Waals surface area contributed by atoms with Crippen LogP contribution in [0.15, 0.2) is 121 Å². The molecule has 3 atom stereocenters. The number of aryl methyl sites for hydroxylation is 2. The molecule has 2 aliphatic carbocycles. The van der Waals surface area contributed by atoms with Crippen LogP contribution in [0, 0.1) is 37.7 Å². The van der Waals surface area contributed by atoms with E-state index < -0.39 is 13.7 Å². The van der Waals surface area contributed by atoms with Gasteiger partial charge >= 0.3 is 20.1 Å². The number of aromatic nitrogens is 1. The van der Waals surface area contributed by atoms with Crippen molar-refractivity contribution < 1.29 is 28.3 Å². The zero-order valence-corrected chi connectivity index (χ0v) is 28.8. The number of nitrogens with zero attached hydrogens (tertiary/aromatic N) is 2. The van der Waals surface area contributed by atoms with Crippen molar-refractivity contribution in [2.75, 3.05) is 0 Å². The number of benzene rings is 4. The Hall–Kier alpha value is -4.17. The quantitative estimate of drug-likeness (QED) is 0.0918. The molecular formula is C44H41IrN2. The van der Waals surface area contributed by atoms with E-state index in [1.54, 1.807) is 18.2 Å². The molecule has 2 nitrogen and oxygen atoms in total. The van der Waals surface area contributed by atoms with Gasteiger partial charge in [0.15, 0.2) is 0 Å². The third-order valence-electron chi connectivity index (χ3n) is 9.25. The van der Waals surface area contributed by atoms with Crippen LogP contribution in [0.1, 0.15) is 74.6 Å². The number of allylic oxidation sites excluding steroid dienone is 4. The molecule has 7 rings (SSSR count). The Morgan fingerprint density at radius 2 is 1.74 bits per heavy atom. The summed E-state index contributed by atoms with van der Waals surface area (Å²) in [4.78, 5) is 4.21. The van der Waals surface area contributed by atoms with E-state index in [1.165, 1.54) is 49.6 Å². The molecule has 1 aromatic heterocycles. The second-order valence-corrected chi connectivity index (χ2v) is 12.3. The van der Waals surface area contributed by atoms with E-state index in [0.717, 1.165) is 51.8 Å². The first-order valence-electron chi connectivity index (χ1n) is 18.9. The number of hydrogen-bond donors (Lipinski definition) is 0. The minimum absolute atomic E-state index is 0. The molecule has 5 aromatic rings. The Balaban J connectivity index is 0.000000201. The summed E-state index contributed by atoms with van der Waals surface area (Å²) in [5.74, 6) is 2.63. The van der Waals surface area contributed by atoms with Crippen molar-refractivity contribution >= 4 is 17.4 Å². The maximum atomic E-state index is 9.34. The van der Waals surface area contributed by atoms with E-state index >= 15 is 0 Å². The number of rotatable bonds is 7. The average Bonchev–Trinajstić information content (AvgIpc) is 3.79. The SMILES string of the molecule is C/C(=C\C(=C/C=[N-])c1ccc(C2CC3CCC2C3)cc1)c1[c-]cccc1.[2H]C([2H])([2H])c1ccc(-c2[c-]cc(C([2H])([2H])[2H])c(-c3ccccc3)c2)nc1.[Ir+3]. The largest absolute Gasteiger partial charge is 3.00 e. The maximum Gasteiger partial charge on any atom is 3.00 e. The van der Waals surface area contributed by atoms with Gasteiger partial charge in [-0.2, -0.15) is 6.21 Å². The minimum Gasteiger partial charge on any atom is -0.811 e. The molecule has 0 spiro atoms. The Morgan fingerprint density at radius 3 is 2.38 bits per heavy atom. The zero-order chi connectivity index (χ0) is 36.9. The maximum absolute atomic E-state index is 9.34. The second kappa shape index (κ2) is 16.1. The van der Waals surface area contributed by atoms with E-state index in [4.69, 9.17) is 8.22 Å². The van der Waals surface area contributed by atoms with E-state index in [0.29, 0.717) is 16.8 Å². The molecule has 236 valence electrons. The fourth-order valence-electron chi connectivity index (χ4n) is 6.88. The van der Waals surface area contributed by atoms with Crippen LogP contribution in [-0.4, -0.2) is 11.2 Å². The molecule has 3 heteroatoms. The van der Waals surface area contributed by atoms with Crippen LogP contribution in [0.5, 0.6) is 0 Å². The van der Waals surface area contributed by atoms with Gasteiger partial charge in [-0.25, -0.2) is 0 Å². The molecule has 3 unspecified atom stereocenters. The predicted octanol–water partition coefficient (Wildman–Crippen LogP) is 11.3. The fraction of sp³-hybridized carbons (Fsp3) is 0.227. The van der Waals surface area contributed by atoms with Crippen molar-refractivity contribution in [3.8, 4) is 22.4 Å². The van der Waals surface area contributed by atoms with Crippen LogP contribution in [-0.2, 0) is 20.1 Å². The smallest absolute Gasteiger partial charge is 0.811 e. The molecule has 0 aliphatic heterocycles. The van der Waals surface area contributed by atoms with Gasteiger partial charge < -0.3 is 10.4 Å². The first kappa shape index (κ1) is 26.9. The molecule has 1 heterocycles. The van der Waals surface area contributed by atoms with Crippen LogP contribution in [0.2, 0.25) is 0 Å². The Bertz CT molecular complexity index is 2040. The first-order chi connectivity index (χ1) is 24.9. The van der Waals surface area contributed by atoms with Gasteiger partial charge in [-0.1, -0.05) is 105 Å². The van der Waals surface area contributed by atoms with Crippen LogP contribution in [0.3, 0.4) is 0 Å². The Kier molecular flexibility index (Phi) is 9.19. The van der Waals surface area contributed by atoms with Gasteiger partial charge in [-0.15, -0.1) is 70.8 Å². The Labute approximate surface area is 303 Å². The van der Waals surface area contributed by atoms with Crippen molar-refractivity contribution in [3.63, 3.8) is 0 Å². The predicted molar refractivity (Wildman–Crippen MR) is 194 cm³/mol. The topological polar surface area (TPSA) is 35.2 Å². The Morgan fingerprint density at radius 1 is 0.915 bits per heavy atom. The van der Waals surface area contributed by atoms with E-state index in [-0.39, 0.29) is 31.2 Å². The van der Waals surface area contributed by atoms with Gasteiger partial charge in [-0.05, 0) is 77.4 Å². The zero-order valence-electron chi connectivity index (χ0n) is 32.4. The number of fused-ring (bicyclic) bond motifs is 2. The van der Waals surface area contributed by atoms with Crippen LogP contribution < -0.4 is 0 Å². The summed E-state index contributed by atoms with van der Waals surface area (Å²) >= 11 is 0. The molecule has 0 radical (unpaired) electrons. The standard InChI is InChI=1S/C25H25N.C19H16N.Ir/c1-18(20-5-3-2-4-6-20)15-23(13-14-26)21-9-11-22(12-10-21)25-17-19-7-8-24(25)16-19;1-14-8-11-19(20-13-14)17-10-9-15(2)18(12-17)16-6-4-3-5-7-16;/h2-5,9-15,19,24-25H,7-8,16-17H2,1H3;3-9,11-13H,1-2H3;/q-2;-1;+3/b18-15+,23-13+;;/i;1D3,2D3;. The molecule has 2 bridgehead atoms. The molecular weight excluding hydrogens is 749 g/mol. The van der Waals surface area contributed by atoms with Crippen molar-refractivity contribution in [1.29, 1.82) is 0 Å². The summed E-state index contributed by atoms with van der Waals surface area (Å²) < 4.78 is 45.6. The molecule has 0 amide bonds. The van der Waals surface area contributed by atoms with Crippen molar-refractivity contribution in [3.05, 3.63) is 167 Å². The monoisotopic (exact) mass is 796 g/mol. The van der Waals surface area contributed by atoms with Gasteiger partial charge in [0.2, 0.25) is 0 Å². The average molecular weight is 796 g/mol. The molecule has 2 fully saturated rings. The van der Waals surface area contributed by atoms with Gasteiger partial charge in [0.25, 0.3) is 0 Å². The number of pyridine rings is 1. The van der Waals surface area contributed by atoms with E-state index in [2.05, 4.69) is 60.4 Å². The summed E-state index contributed by atoms with van der Waals surface area (Å²) in [6, 6.07) is 38.8. The molecule has 2 aliphatic rings. The van der Waals surface area contributed by atoms with Crippen molar-refractivity contribution in [1.82, 2.24) is 4.98 Å². The van der Waals surface area contributed by atoms with Gasteiger partial charge in [0, 0.05) is 14.4 Å². The fourth-order valence-corrected chi connectivity index (χ4v) is 6.88. The van der Waals surface area contributed by atoms with Crippen molar-refractivity contribution in [2.45, 2.75) is 52.2 Å².